The monoisotopic (exact) mass is 270 g/mol. The molecule has 1 aliphatic rings. The SMILES string of the molecule is O=C1C[C@H](O)C[C@@H](CCc2cccc3ccccc23)O1. The Kier molecular flexibility index (Phi) is 3.70. The number of carbonyl (C=O) groups is 1. The molecule has 0 radical (unpaired) electrons. The number of benzene rings is 2. The Labute approximate surface area is 118 Å². The average Bonchev–Trinajstić information content (AvgIpc) is 2.44. The van der Waals surface area contributed by atoms with Crippen molar-refractivity contribution in [3.05, 3.63) is 48.0 Å². The molecule has 104 valence electrons. The number of ether oxygens (including phenoxy) is 1. The molecule has 3 heteroatoms. The summed E-state index contributed by atoms with van der Waals surface area (Å²) >= 11 is 0. The maximum atomic E-state index is 11.3. The highest BCUT2D eigenvalue weighted by molar-refractivity contribution is 5.85. The van der Waals surface area contributed by atoms with E-state index in [2.05, 4.69) is 30.3 Å². The van der Waals surface area contributed by atoms with Crippen molar-refractivity contribution < 1.29 is 14.6 Å². The molecule has 2 atom stereocenters. The van der Waals surface area contributed by atoms with E-state index in [4.69, 9.17) is 4.74 Å². The molecule has 1 aliphatic heterocycles. The van der Waals surface area contributed by atoms with Gasteiger partial charge in [0.15, 0.2) is 0 Å². The third-order valence-corrected chi connectivity index (χ3v) is 3.85. The van der Waals surface area contributed by atoms with Gasteiger partial charge in [0, 0.05) is 6.42 Å². The van der Waals surface area contributed by atoms with Gasteiger partial charge in [-0.25, -0.2) is 0 Å². The summed E-state index contributed by atoms with van der Waals surface area (Å²) in [7, 11) is 0. The van der Waals surface area contributed by atoms with E-state index in [1.54, 1.807) is 0 Å². The van der Waals surface area contributed by atoms with Gasteiger partial charge in [-0.2, -0.15) is 0 Å². The lowest BCUT2D eigenvalue weighted by Gasteiger charge is -2.26. The Morgan fingerprint density at radius 3 is 2.80 bits per heavy atom. The second kappa shape index (κ2) is 5.63. The third kappa shape index (κ3) is 2.83. The number of fused-ring (bicyclic) bond motifs is 1. The van der Waals surface area contributed by atoms with Gasteiger partial charge in [0.2, 0.25) is 0 Å². The van der Waals surface area contributed by atoms with Crippen LogP contribution in [0.2, 0.25) is 0 Å². The fourth-order valence-electron chi connectivity index (χ4n) is 2.87. The van der Waals surface area contributed by atoms with Gasteiger partial charge in [-0.3, -0.25) is 4.79 Å². The quantitative estimate of drug-likeness (QED) is 0.872. The number of rotatable bonds is 3. The molecule has 0 spiro atoms. The van der Waals surface area contributed by atoms with Crippen LogP contribution in [0, 0.1) is 0 Å². The third-order valence-electron chi connectivity index (χ3n) is 3.85. The first kappa shape index (κ1) is 13.1. The van der Waals surface area contributed by atoms with Gasteiger partial charge in [-0.1, -0.05) is 42.5 Å². The predicted octanol–water partition coefficient (Wildman–Crippen LogP) is 2.84. The van der Waals surface area contributed by atoms with Crippen molar-refractivity contribution in [2.75, 3.05) is 0 Å². The van der Waals surface area contributed by atoms with Gasteiger partial charge < -0.3 is 9.84 Å². The van der Waals surface area contributed by atoms with E-state index in [1.165, 1.54) is 16.3 Å². The van der Waals surface area contributed by atoms with Crippen LogP contribution in [0.3, 0.4) is 0 Å². The van der Waals surface area contributed by atoms with Crippen molar-refractivity contribution in [1.29, 1.82) is 0 Å². The Hall–Kier alpha value is -1.87. The number of hydrogen-bond donors (Lipinski definition) is 1. The lowest BCUT2D eigenvalue weighted by molar-refractivity contribution is -0.160. The fraction of sp³-hybridized carbons (Fsp3) is 0.353. The van der Waals surface area contributed by atoms with E-state index in [1.807, 2.05) is 12.1 Å². The number of aliphatic hydroxyl groups is 1. The van der Waals surface area contributed by atoms with Crippen LogP contribution in [-0.2, 0) is 16.0 Å². The number of aliphatic hydroxyl groups excluding tert-OH is 1. The summed E-state index contributed by atoms with van der Waals surface area (Å²) in [6.45, 7) is 0. The van der Waals surface area contributed by atoms with Crippen LogP contribution >= 0.6 is 0 Å². The van der Waals surface area contributed by atoms with Crippen molar-refractivity contribution in [3.8, 4) is 0 Å². The zero-order valence-electron chi connectivity index (χ0n) is 11.3. The first-order valence-corrected chi connectivity index (χ1v) is 7.06. The fourth-order valence-corrected chi connectivity index (χ4v) is 2.87. The topological polar surface area (TPSA) is 46.5 Å². The van der Waals surface area contributed by atoms with E-state index in [-0.39, 0.29) is 18.5 Å². The molecular weight excluding hydrogens is 252 g/mol. The molecule has 0 saturated carbocycles. The molecule has 1 fully saturated rings. The lowest BCUT2D eigenvalue weighted by Crippen LogP contribution is -2.32. The maximum absolute atomic E-state index is 11.3. The predicted molar refractivity (Wildman–Crippen MR) is 77.4 cm³/mol. The van der Waals surface area contributed by atoms with Gasteiger partial charge in [0.1, 0.15) is 6.10 Å². The van der Waals surface area contributed by atoms with Gasteiger partial charge in [0.25, 0.3) is 0 Å². The van der Waals surface area contributed by atoms with Crippen LogP contribution in [0.5, 0.6) is 0 Å². The number of esters is 1. The van der Waals surface area contributed by atoms with Crippen LogP contribution < -0.4 is 0 Å². The standard InChI is InChI=1S/C17H18O3/c18-14-10-15(20-17(19)11-14)9-8-13-6-3-5-12-4-1-2-7-16(12)13/h1-7,14-15,18H,8-11H2/t14-,15-/m1/s1. The number of aryl methyl sites for hydroxylation is 1. The van der Waals surface area contributed by atoms with E-state index >= 15 is 0 Å². The molecule has 1 heterocycles. The molecule has 0 aromatic heterocycles. The normalized spacial score (nSPS) is 22.8. The minimum atomic E-state index is -0.547. The van der Waals surface area contributed by atoms with Crippen LogP contribution in [0.25, 0.3) is 10.8 Å². The number of cyclic esters (lactones) is 1. The number of hydrogen-bond acceptors (Lipinski definition) is 3. The summed E-state index contributed by atoms with van der Waals surface area (Å²) in [4.78, 5) is 11.3. The van der Waals surface area contributed by atoms with Crippen molar-refractivity contribution >= 4 is 16.7 Å². The second-order valence-electron chi connectivity index (χ2n) is 5.38. The molecule has 0 unspecified atom stereocenters. The summed E-state index contributed by atoms with van der Waals surface area (Å²) in [6, 6.07) is 14.6. The van der Waals surface area contributed by atoms with E-state index < -0.39 is 6.10 Å². The van der Waals surface area contributed by atoms with E-state index in [0.717, 1.165) is 12.8 Å². The second-order valence-corrected chi connectivity index (χ2v) is 5.38. The molecular formula is C17H18O3. The van der Waals surface area contributed by atoms with E-state index in [9.17, 15) is 9.90 Å². The molecule has 2 aromatic rings. The Bertz CT molecular complexity index is 615. The molecule has 1 N–H and O–H groups in total. The highest BCUT2D eigenvalue weighted by Gasteiger charge is 2.26. The van der Waals surface area contributed by atoms with Gasteiger partial charge in [-0.05, 0) is 29.2 Å². The summed E-state index contributed by atoms with van der Waals surface area (Å²) in [6.07, 6.45) is 1.59. The summed E-state index contributed by atoms with van der Waals surface area (Å²) < 4.78 is 5.29. The molecule has 1 saturated heterocycles. The zero-order valence-corrected chi connectivity index (χ0v) is 11.3. The molecule has 3 nitrogen and oxygen atoms in total. The number of carbonyl (C=O) groups excluding carboxylic acids is 1. The molecule has 0 amide bonds. The van der Waals surface area contributed by atoms with Gasteiger partial charge >= 0.3 is 5.97 Å². The van der Waals surface area contributed by atoms with Crippen LogP contribution in [0.1, 0.15) is 24.8 Å². The first-order valence-electron chi connectivity index (χ1n) is 7.06. The van der Waals surface area contributed by atoms with Crippen molar-refractivity contribution in [2.45, 2.75) is 37.9 Å². The zero-order chi connectivity index (χ0) is 13.9. The molecule has 0 bridgehead atoms. The van der Waals surface area contributed by atoms with E-state index in [0.29, 0.717) is 6.42 Å². The summed E-state index contributed by atoms with van der Waals surface area (Å²) in [5.74, 6) is -0.285. The maximum Gasteiger partial charge on any atom is 0.308 e. The van der Waals surface area contributed by atoms with Gasteiger partial charge in [-0.15, -0.1) is 0 Å². The molecule has 0 aliphatic carbocycles. The molecule has 2 aromatic carbocycles. The highest BCUT2D eigenvalue weighted by Crippen LogP contribution is 2.23. The Morgan fingerprint density at radius 1 is 1.15 bits per heavy atom. The van der Waals surface area contributed by atoms with Crippen molar-refractivity contribution in [1.82, 2.24) is 0 Å². The summed E-state index contributed by atoms with van der Waals surface area (Å²) in [5.41, 5.74) is 1.26. The minimum Gasteiger partial charge on any atom is -0.462 e. The minimum absolute atomic E-state index is 0.130. The largest absolute Gasteiger partial charge is 0.462 e. The molecule has 20 heavy (non-hydrogen) atoms. The van der Waals surface area contributed by atoms with Crippen molar-refractivity contribution in [2.24, 2.45) is 0 Å². The van der Waals surface area contributed by atoms with Crippen LogP contribution in [0.15, 0.2) is 42.5 Å². The Balaban J connectivity index is 1.72. The van der Waals surface area contributed by atoms with Crippen LogP contribution in [0.4, 0.5) is 0 Å². The lowest BCUT2D eigenvalue weighted by atomic mass is 9.96. The first-order chi connectivity index (χ1) is 9.72. The smallest absolute Gasteiger partial charge is 0.308 e. The van der Waals surface area contributed by atoms with Crippen molar-refractivity contribution in [3.63, 3.8) is 0 Å². The van der Waals surface area contributed by atoms with Crippen LogP contribution in [-0.4, -0.2) is 23.3 Å². The molecule has 3 rings (SSSR count). The Morgan fingerprint density at radius 2 is 1.95 bits per heavy atom. The van der Waals surface area contributed by atoms with Gasteiger partial charge in [0.05, 0.1) is 12.5 Å². The summed E-state index contributed by atoms with van der Waals surface area (Å²) in [5, 5.41) is 12.1. The highest BCUT2D eigenvalue weighted by atomic mass is 16.5. The average molecular weight is 270 g/mol.